The van der Waals surface area contributed by atoms with Crippen molar-refractivity contribution < 1.29 is 14.3 Å². The minimum absolute atomic E-state index is 0.210. The van der Waals surface area contributed by atoms with Gasteiger partial charge in [-0.25, -0.2) is 0 Å². The largest absolute Gasteiger partial charge is 0.493 e. The van der Waals surface area contributed by atoms with Crippen LogP contribution in [-0.4, -0.2) is 19.2 Å². The van der Waals surface area contributed by atoms with E-state index in [0.29, 0.717) is 13.2 Å². The highest BCUT2D eigenvalue weighted by Crippen LogP contribution is 2.13. The molecule has 94 valence electrons. The van der Waals surface area contributed by atoms with E-state index >= 15 is 0 Å². The molecule has 0 amide bonds. The molecule has 0 aromatic heterocycles. The van der Waals surface area contributed by atoms with Crippen LogP contribution in [-0.2, 0) is 16.0 Å². The van der Waals surface area contributed by atoms with Crippen LogP contribution in [0.25, 0.3) is 0 Å². The van der Waals surface area contributed by atoms with Crippen molar-refractivity contribution in [3.63, 3.8) is 0 Å². The van der Waals surface area contributed by atoms with Gasteiger partial charge in [-0.15, -0.1) is 0 Å². The predicted molar refractivity (Wildman–Crippen MR) is 67.1 cm³/mol. The lowest BCUT2D eigenvalue weighted by atomic mass is 10.2. The molecule has 0 saturated heterocycles. The van der Waals surface area contributed by atoms with Gasteiger partial charge in [0.05, 0.1) is 12.5 Å². The van der Waals surface area contributed by atoms with E-state index in [-0.39, 0.29) is 11.9 Å². The Labute approximate surface area is 103 Å². The Balaban J connectivity index is 2.41. The van der Waals surface area contributed by atoms with E-state index in [1.165, 1.54) is 5.56 Å². The summed E-state index contributed by atoms with van der Waals surface area (Å²) in [6.07, 6.45) is 1.01. The van der Waals surface area contributed by atoms with E-state index in [1.54, 1.807) is 13.8 Å². The van der Waals surface area contributed by atoms with Crippen molar-refractivity contribution >= 4 is 5.97 Å². The molecular formula is C14H20O3. The molecule has 1 unspecified atom stereocenters. The Morgan fingerprint density at radius 1 is 1.24 bits per heavy atom. The van der Waals surface area contributed by atoms with Gasteiger partial charge >= 0.3 is 5.97 Å². The highest BCUT2D eigenvalue weighted by molar-refractivity contribution is 5.72. The number of carbonyl (C=O) groups is 1. The molecule has 0 aliphatic heterocycles. The van der Waals surface area contributed by atoms with Gasteiger partial charge in [-0.05, 0) is 38.0 Å². The maximum Gasteiger partial charge on any atom is 0.312 e. The second kappa shape index (κ2) is 6.94. The van der Waals surface area contributed by atoms with Crippen molar-refractivity contribution in [3.8, 4) is 5.75 Å². The fraction of sp³-hybridized carbons (Fsp3) is 0.500. The summed E-state index contributed by atoms with van der Waals surface area (Å²) in [6, 6.07) is 7.92. The van der Waals surface area contributed by atoms with E-state index in [1.807, 2.05) is 24.3 Å². The molecule has 0 aliphatic carbocycles. The van der Waals surface area contributed by atoms with Crippen LogP contribution >= 0.6 is 0 Å². The first-order valence-corrected chi connectivity index (χ1v) is 6.05. The van der Waals surface area contributed by atoms with Crippen molar-refractivity contribution in [3.05, 3.63) is 29.8 Å². The fourth-order valence-electron chi connectivity index (χ4n) is 1.40. The number of hydrogen-bond donors (Lipinski definition) is 0. The predicted octanol–water partition coefficient (Wildman–Crippen LogP) is 2.83. The molecule has 0 aliphatic rings. The highest BCUT2D eigenvalue weighted by atomic mass is 16.5. The minimum Gasteiger partial charge on any atom is -0.493 e. The molecule has 0 fully saturated rings. The summed E-state index contributed by atoms with van der Waals surface area (Å²) in [4.78, 5) is 11.4. The lowest BCUT2D eigenvalue weighted by molar-refractivity contribution is -0.148. The third-order valence-electron chi connectivity index (χ3n) is 2.52. The lowest BCUT2D eigenvalue weighted by Crippen LogP contribution is -2.21. The molecule has 0 spiro atoms. The molecule has 3 nitrogen and oxygen atoms in total. The van der Waals surface area contributed by atoms with Gasteiger partial charge in [0.2, 0.25) is 0 Å². The van der Waals surface area contributed by atoms with Gasteiger partial charge in [0.1, 0.15) is 12.4 Å². The van der Waals surface area contributed by atoms with Gasteiger partial charge in [0.15, 0.2) is 0 Å². The molecular weight excluding hydrogens is 216 g/mol. The maximum absolute atomic E-state index is 11.4. The molecule has 1 aromatic rings. The summed E-state index contributed by atoms with van der Waals surface area (Å²) in [6.45, 7) is 6.48. The van der Waals surface area contributed by atoms with Gasteiger partial charge in [-0.3, -0.25) is 4.79 Å². The van der Waals surface area contributed by atoms with E-state index in [2.05, 4.69) is 6.92 Å². The summed E-state index contributed by atoms with van der Waals surface area (Å²) >= 11 is 0. The Hall–Kier alpha value is -1.51. The fourth-order valence-corrected chi connectivity index (χ4v) is 1.40. The molecule has 1 rings (SSSR count). The lowest BCUT2D eigenvalue weighted by Gasteiger charge is -2.12. The molecule has 17 heavy (non-hydrogen) atoms. The number of rotatable bonds is 6. The molecule has 0 heterocycles. The molecule has 0 N–H and O–H groups in total. The van der Waals surface area contributed by atoms with Crippen molar-refractivity contribution in [2.24, 2.45) is 5.92 Å². The molecule has 1 aromatic carbocycles. The van der Waals surface area contributed by atoms with Gasteiger partial charge < -0.3 is 9.47 Å². The second-order valence-corrected chi connectivity index (χ2v) is 3.96. The van der Waals surface area contributed by atoms with Crippen LogP contribution in [0.15, 0.2) is 24.3 Å². The van der Waals surface area contributed by atoms with Crippen molar-refractivity contribution in [1.82, 2.24) is 0 Å². The Morgan fingerprint density at radius 2 is 1.88 bits per heavy atom. The highest BCUT2D eigenvalue weighted by Gasteiger charge is 2.14. The summed E-state index contributed by atoms with van der Waals surface area (Å²) in [5.74, 6) is 0.344. The van der Waals surface area contributed by atoms with Gasteiger partial charge in [-0.2, -0.15) is 0 Å². The minimum atomic E-state index is -0.235. The summed E-state index contributed by atoms with van der Waals surface area (Å²) in [5.41, 5.74) is 1.27. The SMILES string of the molecule is CCOC(=O)C(C)COc1ccc(CC)cc1. The number of benzene rings is 1. The third kappa shape index (κ3) is 4.47. The van der Waals surface area contributed by atoms with Crippen molar-refractivity contribution in [1.29, 1.82) is 0 Å². The topological polar surface area (TPSA) is 35.5 Å². The zero-order valence-electron chi connectivity index (χ0n) is 10.7. The first kappa shape index (κ1) is 13.6. The number of hydrogen-bond acceptors (Lipinski definition) is 3. The third-order valence-corrected chi connectivity index (χ3v) is 2.52. The second-order valence-electron chi connectivity index (χ2n) is 3.96. The zero-order chi connectivity index (χ0) is 12.7. The Morgan fingerprint density at radius 3 is 2.41 bits per heavy atom. The van der Waals surface area contributed by atoms with E-state index in [4.69, 9.17) is 9.47 Å². The normalized spacial score (nSPS) is 11.9. The first-order valence-electron chi connectivity index (χ1n) is 6.05. The van der Waals surface area contributed by atoms with Crippen LogP contribution in [0.1, 0.15) is 26.3 Å². The average Bonchev–Trinajstić information content (AvgIpc) is 2.36. The van der Waals surface area contributed by atoms with Crippen LogP contribution in [0.5, 0.6) is 5.75 Å². The molecule has 1 atom stereocenters. The molecule has 0 saturated carbocycles. The number of ether oxygens (including phenoxy) is 2. The standard InChI is InChI=1S/C14H20O3/c1-4-12-6-8-13(9-7-12)17-10-11(3)14(15)16-5-2/h6-9,11H,4-5,10H2,1-3H3. The number of esters is 1. The summed E-state index contributed by atoms with van der Waals surface area (Å²) in [7, 11) is 0. The van der Waals surface area contributed by atoms with Crippen LogP contribution in [0.4, 0.5) is 0 Å². The number of aryl methyl sites for hydroxylation is 1. The van der Waals surface area contributed by atoms with Crippen LogP contribution in [0, 0.1) is 5.92 Å². The summed E-state index contributed by atoms with van der Waals surface area (Å²) < 4.78 is 10.4. The maximum atomic E-state index is 11.4. The van der Waals surface area contributed by atoms with Crippen molar-refractivity contribution in [2.75, 3.05) is 13.2 Å². The van der Waals surface area contributed by atoms with Crippen LogP contribution in [0.3, 0.4) is 0 Å². The average molecular weight is 236 g/mol. The molecule has 3 heteroatoms. The van der Waals surface area contributed by atoms with E-state index in [9.17, 15) is 4.79 Å². The van der Waals surface area contributed by atoms with Gasteiger partial charge in [0.25, 0.3) is 0 Å². The zero-order valence-corrected chi connectivity index (χ0v) is 10.7. The van der Waals surface area contributed by atoms with E-state index in [0.717, 1.165) is 12.2 Å². The molecule has 0 radical (unpaired) electrons. The van der Waals surface area contributed by atoms with Gasteiger partial charge in [-0.1, -0.05) is 19.1 Å². The molecule has 0 bridgehead atoms. The first-order chi connectivity index (χ1) is 8.17. The Bertz CT molecular complexity index is 343. The van der Waals surface area contributed by atoms with E-state index < -0.39 is 0 Å². The summed E-state index contributed by atoms with van der Waals surface area (Å²) in [5, 5.41) is 0. The van der Waals surface area contributed by atoms with Crippen LogP contribution < -0.4 is 4.74 Å². The Kier molecular flexibility index (Phi) is 5.53. The smallest absolute Gasteiger partial charge is 0.312 e. The van der Waals surface area contributed by atoms with Gasteiger partial charge in [0, 0.05) is 0 Å². The number of carbonyl (C=O) groups excluding carboxylic acids is 1. The monoisotopic (exact) mass is 236 g/mol. The van der Waals surface area contributed by atoms with Crippen molar-refractivity contribution in [2.45, 2.75) is 27.2 Å². The van der Waals surface area contributed by atoms with Crippen LogP contribution in [0.2, 0.25) is 0 Å². The quantitative estimate of drug-likeness (QED) is 0.712.